The van der Waals surface area contributed by atoms with Crippen molar-refractivity contribution >= 4 is 53.3 Å². The zero-order chi connectivity index (χ0) is 15.6. The second-order valence-corrected chi connectivity index (χ2v) is 7.56. The molecule has 0 amide bonds. The van der Waals surface area contributed by atoms with E-state index in [1.54, 1.807) is 30.3 Å². The maximum absolute atomic E-state index is 12.5. The number of nitrogens with one attached hydrogen (secondary N) is 1. The van der Waals surface area contributed by atoms with E-state index in [1.165, 1.54) is 13.2 Å². The third-order valence-electron chi connectivity index (χ3n) is 2.65. The molecule has 0 fully saturated rings. The van der Waals surface area contributed by atoms with Crippen molar-refractivity contribution < 1.29 is 13.2 Å². The van der Waals surface area contributed by atoms with Gasteiger partial charge in [-0.25, -0.2) is 8.42 Å². The number of halogens is 2. The first-order valence-corrected chi connectivity index (χ1v) is 8.82. The van der Waals surface area contributed by atoms with E-state index in [9.17, 15) is 8.42 Å². The second-order valence-electron chi connectivity index (χ2n) is 4.14. The molecule has 0 aliphatic rings. The molecule has 0 spiro atoms. The van der Waals surface area contributed by atoms with Crippen molar-refractivity contribution in [3.05, 3.63) is 45.3 Å². The zero-order valence-corrected chi connectivity index (χ0v) is 14.9. The standard InChI is InChI=1S/C13H12Br2N2O3S/c1-20-12-7-9(16)3-5-11(12)17-21(18,19)13-6-8(14)2-4-10(13)15/h2-7,17H,16H2,1H3. The first-order valence-electron chi connectivity index (χ1n) is 5.75. The lowest BCUT2D eigenvalue weighted by molar-refractivity contribution is 0.417. The number of rotatable bonds is 4. The van der Waals surface area contributed by atoms with Crippen LogP contribution >= 0.6 is 31.9 Å². The van der Waals surface area contributed by atoms with Crippen molar-refractivity contribution in [2.45, 2.75) is 4.90 Å². The number of hydrogen-bond acceptors (Lipinski definition) is 4. The maximum atomic E-state index is 12.5. The van der Waals surface area contributed by atoms with Crippen LogP contribution in [0, 0.1) is 0 Å². The van der Waals surface area contributed by atoms with Gasteiger partial charge in [-0.3, -0.25) is 4.72 Å². The van der Waals surface area contributed by atoms with Gasteiger partial charge in [-0.15, -0.1) is 0 Å². The van der Waals surface area contributed by atoms with Crippen LogP contribution in [0.25, 0.3) is 0 Å². The van der Waals surface area contributed by atoms with E-state index in [-0.39, 0.29) is 4.90 Å². The van der Waals surface area contributed by atoms with E-state index in [0.29, 0.717) is 26.1 Å². The van der Waals surface area contributed by atoms with E-state index in [0.717, 1.165) is 0 Å². The SMILES string of the molecule is COc1cc(N)ccc1NS(=O)(=O)c1cc(Br)ccc1Br. The van der Waals surface area contributed by atoms with Crippen molar-refractivity contribution in [1.29, 1.82) is 0 Å². The molecule has 8 heteroatoms. The van der Waals surface area contributed by atoms with Gasteiger partial charge in [0.15, 0.2) is 0 Å². The van der Waals surface area contributed by atoms with Crippen molar-refractivity contribution in [1.82, 2.24) is 0 Å². The molecular weight excluding hydrogens is 424 g/mol. The molecule has 0 unspecified atom stereocenters. The average molecular weight is 436 g/mol. The Morgan fingerprint density at radius 3 is 2.52 bits per heavy atom. The third-order valence-corrected chi connectivity index (χ3v) is 5.51. The molecular formula is C13H12Br2N2O3S. The summed E-state index contributed by atoms with van der Waals surface area (Å²) in [6.07, 6.45) is 0. The van der Waals surface area contributed by atoms with Gasteiger partial charge in [0.05, 0.1) is 12.8 Å². The summed E-state index contributed by atoms with van der Waals surface area (Å²) in [6, 6.07) is 9.60. The van der Waals surface area contributed by atoms with Gasteiger partial charge < -0.3 is 10.5 Å². The summed E-state index contributed by atoms with van der Waals surface area (Å²) in [6.45, 7) is 0. The Kier molecular flexibility index (Phi) is 4.80. The highest BCUT2D eigenvalue weighted by Gasteiger charge is 2.20. The van der Waals surface area contributed by atoms with E-state index in [1.807, 2.05) is 0 Å². The molecule has 5 nitrogen and oxygen atoms in total. The molecule has 2 aromatic carbocycles. The van der Waals surface area contributed by atoms with Crippen LogP contribution in [-0.4, -0.2) is 15.5 Å². The van der Waals surface area contributed by atoms with Gasteiger partial charge in [-0.1, -0.05) is 15.9 Å². The Bertz CT molecular complexity index is 779. The molecule has 0 atom stereocenters. The monoisotopic (exact) mass is 434 g/mol. The second kappa shape index (κ2) is 6.25. The van der Waals surface area contributed by atoms with Crippen LogP contribution in [0.5, 0.6) is 5.75 Å². The minimum atomic E-state index is -3.76. The van der Waals surface area contributed by atoms with Crippen molar-refractivity contribution in [2.75, 3.05) is 17.6 Å². The molecule has 0 aliphatic carbocycles. The maximum Gasteiger partial charge on any atom is 0.263 e. The molecule has 2 rings (SSSR count). The van der Waals surface area contributed by atoms with E-state index < -0.39 is 10.0 Å². The average Bonchev–Trinajstić information content (AvgIpc) is 2.43. The summed E-state index contributed by atoms with van der Waals surface area (Å²) in [4.78, 5) is 0.121. The van der Waals surface area contributed by atoms with Crippen LogP contribution in [0.3, 0.4) is 0 Å². The van der Waals surface area contributed by atoms with Gasteiger partial charge in [-0.05, 0) is 46.3 Å². The van der Waals surface area contributed by atoms with Crippen LogP contribution < -0.4 is 15.2 Å². The molecule has 0 heterocycles. The molecule has 0 saturated carbocycles. The summed E-state index contributed by atoms with van der Waals surface area (Å²) >= 11 is 6.49. The summed E-state index contributed by atoms with van der Waals surface area (Å²) in [5, 5.41) is 0. The van der Waals surface area contributed by atoms with Gasteiger partial charge in [-0.2, -0.15) is 0 Å². The van der Waals surface area contributed by atoms with Gasteiger partial charge in [0.1, 0.15) is 10.6 Å². The molecule has 0 aliphatic heterocycles. The first kappa shape index (κ1) is 16.1. The number of sulfonamides is 1. The zero-order valence-electron chi connectivity index (χ0n) is 10.9. The van der Waals surface area contributed by atoms with Crippen LogP contribution in [0.2, 0.25) is 0 Å². The molecule has 0 aromatic heterocycles. The first-order chi connectivity index (χ1) is 9.83. The lowest BCUT2D eigenvalue weighted by atomic mass is 10.2. The minimum Gasteiger partial charge on any atom is -0.494 e. The Morgan fingerprint density at radius 2 is 1.86 bits per heavy atom. The van der Waals surface area contributed by atoms with Crippen molar-refractivity contribution in [2.24, 2.45) is 0 Å². The highest BCUT2D eigenvalue weighted by atomic mass is 79.9. The quantitative estimate of drug-likeness (QED) is 0.718. The van der Waals surface area contributed by atoms with E-state index in [2.05, 4.69) is 36.6 Å². The van der Waals surface area contributed by atoms with E-state index in [4.69, 9.17) is 10.5 Å². The normalized spacial score (nSPS) is 11.2. The minimum absolute atomic E-state index is 0.121. The molecule has 21 heavy (non-hydrogen) atoms. The van der Waals surface area contributed by atoms with Crippen LogP contribution in [0.1, 0.15) is 0 Å². The van der Waals surface area contributed by atoms with Crippen LogP contribution in [0.4, 0.5) is 11.4 Å². The number of nitrogens with two attached hydrogens (primary N) is 1. The number of anilines is 2. The summed E-state index contributed by atoms with van der Waals surface area (Å²) in [5.41, 5.74) is 6.45. The topological polar surface area (TPSA) is 81.4 Å². The number of ether oxygens (including phenoxy) is 1. The highest BCUT2D eigenvalue weighted by molar-refractivity contribution is 9.11. The predicted octanol–water partition coefficient (Wildman–Crippen LogP) is 3.60. The highest BCUT2D eigenvalue weighted by Crippen LogP contribution is 2.31. The largest absolute Gasteiger partial charge is 0.494 e. The summed E-state index contributed by atoms with van der Waals surface area (Å²) in [5.74, 6) is 0.352. The number of hydrogen-bond donors (Lipinski definition) is 2. The Morgan fingerprint density at radius 1 is 1.14 bits per heavy atom. The molecule has 0 saturated heterocycles. The smallest absolute Gasteiger partial charge is 0.263 e. The number of benzene rings is 2. The Labute approximate surface area is 139 Å². The summed E-state index contributed by atoms with van der Waals surface area (Å²) in [7, 11) is -2.31. The fraction of sp³-hybridized carbons (Fsp3) is 0.0769. The predicted molar refractivity (Wildman–Crippen MR) is 90.1 cm³/mol. The lowest BCUT2D eigenvalue weighted by Gasteiger charge is -2.13. The number of methoxy groups -OCH3 is 1. The van der Waals surface area contributed by atoms with Gasteiger partial charge >= 0.3 is 0 Å². The van der Waals surface area contributed by atoms with Crippen LogP contribution in [0.15, 0.2) is 50.2 Å². The van der Waals surface area contributed by atoms with Crippen LogP contribution in [-0.2, 0) is 10.0 Å². The van der Waals surface area contributed by atoms with Gasteiger partial charge in [0.2, 0.25) is 0 Å². The van der Waals surface area contributed by atoms with Crippen molar-refractivity contribution in [3.63, 3.8) is 0 Å². The van der Waals surface area contributed by atoms with Gasteiger partial charge in [0.25, 0.3) is 10.0 Å². The fourth-order valence-electron chi connectivity index (χ4n) is 1.67. The molecule has 2 aromatic rings. The fourth-order valence-corrected chi connectivity index (χ4v) is 4.25. The number of nitrogen functional groups attached to an aromatic ring is 1. The Hall–Kier alpha value is -1.25. The Balaban J connectivity index is 2.45. The molecule has 0 radical (unpaired) electrons. The lowest BCUT2D eigenvalue weighted by Crippen LogP contribution is -2.14. The molecule has 3 N–H and O–H groups in total. The third kappa shape index (κ3) is 3.69. The van der Waals surface area contributed by atoms with Gasteiger partial charge in [0, 0.05) is 20.7 Å². The van der Waals surface area contributed by atoms with Crippen molar-refractivity contribution in [3.8, 4) is 5.75 Å². The summed E-state index contributed by atoms with van der Waals surface area (Å²) < 4.78 is 33.7. The molecule has 112 valence electrons. The molecule has 0 bridgehead atoms. The van der Waals surface area contributed by atoms with E-state index >= 15 is 0 Å².